The molecular weight excluding hydrogens is 454 g/mol. The van der Waals surface area contributed by atoms with Crippen LogP contribution < -0.4 is 14.8 Å². The van der Waals surface area contributed by atoms with Crippen LogP contribution >= 0.6 is 27.5 Å². The Labute approximate surface area is 183 Å². The van der Waals surface area contributed by atoms with Crippen LogP contribution in [0.4, 0.5) is 5.69 Å². The van der Waals surface area contributed by atoms with Crippen molar-refractivity contribution in [1.29, 1.82) is 0 Å². The molecule has 0 aliphatic carbocycles. The fourth-order valence-electron chi connectivity index (χ4n) is 2.68. The lowest BCUT2D eigenvalue weighted by Crippen LogP contribution is -2.20. The Morgan fingerprint density at radius 3 is 2.45 bits per heavy atom. The maximum atomic E-state index is 12.1. The second-order valence-corrected chi connectivity index (χ2v) is 7.66. The minimum atomic E-state index is -0.247. The van der Waals surface area contributed by atoms with Crippen LogP contribution in [0, 0.1) is 0 Å². The van der Waals surface area contributed by atoms with E-state index in [-0.39, 0.29) is 12.5 Å². The number of halogens is 2. The number of aryl methyl sites for hydroxylation is 1. The van der Waals surface area contributed by atoms with E-state index in [9.17, 15) is 4.79 Å². The third-order valence-corrected chi connectivity index (χ3v) is 4.97. The molecule has 0 aliphatic rings. The molecule has 0 aliphatic heterocycles. The van der Waals surface area contributed by atoms with Crippen molar-refractivity contribution >= 4 is 39.1 Å². The molecule has 0 radical (unpaired) electrons. The number of carbonyl (C=O) groups is 1. The van der Waals surface area contributed by atoms with Crippen LogP contribution in [-0.4, -0.2) is 19.1 Å². The first-order valence-corrected chi connectivity index (χ1v) is 10.4. The summed E-state index contributed by atoms with van der Waals surface area (Å²) in [7, 11) is 0. The monoisotopic (exact) mass is 473 g/mol. The number of amides is 1. The van der Waals surface area contributed by atoms with Gasteiger partial charge in [-0.05, 0) is 76.8 Å². The van der Waals surface area contributed by atoms with E-state index < -0.39 is 0 Å². The van der Waals surface area contributed by atoms with E-state index >= 15 is 0 Å². The van der Waals surface area contributed by atoms with Gasteiger partial charge in [0.15, 0.2) is 6.61 Å². The van der Waals surface area contributed by atoms with Crippen molar-refractivity contribution in [2.45, 2.75) is 12.8 Å². The number of carbonyl (C=O) groups excluding carboxylic acids is 1. The van der Waals surface area contributed by atoms with Gasteiger partial charge in [0.25, 0.3) is 5.91 Å². The first-order chi connectivity index (χ1) is 14.1. The number of benzene rings is 3. The van der Waals surface area contributed by atoms with E-state index in [0.717, 1.165) is 18.6 Å². The van der Waals surface area contributed by atoms with Crippen molar-refractivity contribution in [2.24, 2.45) is 0 Å². The Morgan fingerprint density at radius 2 is 1.72 bits per heavy atom. The third kappa shape index (κ3) is 7.11. The Balaban J connectivity index is 1.39. The molecule has 6 heteroatoms. The molecule has 0 spiro atoms. The van der Waals surface area contributed by atoms with Gasteiger partial charge in [-0.3, -0.25) is 4.79 Å². The standard InChI is InChI=1S/C23H21BrClNO3/c24-21-15-18(25)8-13-22(21)29-16-23(27)26-19-9-11-20(12-10-19)28-14-4-7-17-5-2-1-3-6-17/h1-3,5-6,8-13,15H,4,7,14,16H2,(H,26,27). The predicted octanol–water partition coefficient (Wildman–Crippen LogP) is 6.13. The molecule has 1 N–H and O–H groups in total. The molecule has 0 fully saturated rings. The summed E-state index contributed by atoms with van der Waals surface area (Å²) in [6.07, 6.45) is 1.93. The summed E-state index contributed by atoms with van der Waals surface area (Å²) in [4.78, 5) is 12.1. The van der Waals surface area contributed by atoms with Gasteiger partial charge in [-0.2, -0.15) is 0 Å². The predicted molar refractivity (Wildman–Crippen MR) is 120 cm³/mol. The summed E-state index contributed by atoms with van der Waals surface area (Å²) >= 11 is 9.25. The van der Waals surface area contributed by atoms with Crippen molar-refractivity contribution in [3.8, 4) is 11.5 Å². The van der Waals surface area contributed by atoms with Gasteiger partial charge in [-0.15, -0.1) is 0 Å². The molecule has 0 bridgehead atoms. The summed E-state index contributed by atoms with van der Waals surface area (Å²) in [5.41, 5.74) is 1.99. The lowest BCUT2D eigenvalue weighted by Gasteiger charge is -2.10. The average molecular weight is 475 g/mol. The summed E-state index contributed by atoms with van der Waals surface area (Å²) in [5.74, 6) is 1.09. The SMILES string of the molecule is O=C(COc1ccc(Cl)cc1Br)Nc1ccc(OCCCc2ccccc2)cc1. The molecule has 3 aromatic rings. The molecular formula is C23H21BrClNO3. The van der Waals surface area contributed by atoms with Crippen LogP contribution in [0.1, 0.15) is 12.0 Å². The molecule has 150 valence electrons. The number of rotatable bonds is 9. The van der Waals surface area contributed by atoms with Gasteiger partial charge in [0, 0.05) is 10.7 Å². The van der Waals surface area contributed by atoms with E-state index in [1.165, 1.54) is 5.56 Å². The maximum absolute atomic E-state index is 12.1. The van der Waals surface area contributed by atoms with E-state index in [4.69, 9.17) is 21.1 Å². The lowest BCUT2D eigenvalue weighted by atomic mass is 10.1. The molecule has 0 aromatic heterocycles. The second kappa shape index (κ2) is 10.9. The van der Waals surface area contributed by atoms with Gasteiger partial charge < -0.3 is 14.8 Å². The molecule has 1 amide bonds. The van der Waals surface area contributed by atoms with Gasteiger partial charge in [0.2, 0.25) is 0 Å². The highest BCUT2D eigenvalue weighted by atomic mass is 79.9. The average Bonchev–Trinajstić information content (AvgIpc) is 2.72. The number of nitrogens with one attached hydrogen (secondary N) is 1. The molecule has 4 nitrogen and oxygen atoms in total. The molecule has 3 rings (SSSR count). The second-order valence-electron chi connectivity index (χ2n) is 6.37. The topological polar surface area (TPSA) is 47.6 Å². The molecule has 0 heterocycles. The summed E-state index contributed by atoms with van der Waals surface area (Å²) in [6.45, 7) is 0.544. The van der Waals surface area contributed by atoms with Gasteiger partial charge >= 0.3 is 0 Å². The third-order valence-electron chi connectivity index (χ3n) is 4.11. The van der Waals surface area contributed by atoms with Crippen molar-refractivity contribution in [3.05, 3.63) is 87.9 Å². The van der Waals surface area contributed by atoms with E-state index in [1.54, 1.807) is 18.2 Å². The first-order valence-electron chi connectivity index (χ1n) is 9.24. The molecule has 0 atom stereocenters. The Morgan fingerprint density at radius 1 is 0.966 bits per heavy atom. The van der Waals surface area contributed by atoms with Gasteiger partial charge in [-0.1, -0.05) is 41.9 Å². The molecule has 0 saturated carbocycles. The quantitative estimate of drug-likeness (QED) is 0.379. The summed E-state index contributed by atoms with van der Waals surface area (Å²) in [6, 6.07) is 22.8. The van der Waals surface area contributed by atoms with Crippen molar-refractivity contribution in [1.82, 2.24) is 0 Å². The highest BCUT2D eigenvalue weighted by Crippen LogP contribution is 2.28. The number of hydrogen-bond acceptors (Lipinski definition) is 3. The number of hydrogen-bond donors (Lipinski definition) is 1. The maximum Gasteiger partial charge on any atom is 0.262 e. The van der Waals surface area contributed by atoms with Crippen LogP contribution in [-0.2, 0) is 11.2 Å². The lowest BCUT2D eigenvalue weighted by molar-refractivity contribution is -0.118. The largest absolute Gasteiger partial charge is 0.494 e. The highest BCUT2D eigenvalue weighted by Gasteiger charge is 2.07. The van der Waals surface area contributed by atoms with Gasteiger partial charge in [0.05, 0.1) is 11.1 Å². The molecule has 29 heavy (non-hydrogen) atoms. The number of ether oxygens (including phenoxy) is 2. The zero-order valence-corrected chi connectivity index (χ0v) is 18.1. The van der Waals surface area contributed by atoms with Crippen LogP contribution in [0.15, 0.2) is 77.3 Å². The highest BCUT2D eigenvalue weighted by molar-refractivity contribution is 9.10. The normalized spacial score (nSPS) is 10.4. The van der Waals surface area contributed by atoms with E-state index in [2.05, 4.69) is 33.4 Å². The Kier molecular flexibility index (Phi) is 7.96. The molecule has 0 saturated heterocycles. The minimum Gasteiger partial charge on any atom is -0.494 e. The smallest absolute Gasteiger partial charge is 0.262 e. The van der Waals surface area contributed by atoms with Gasteiger partial charge in [0.1, 0.15) is 11.5 Å². The van der Waals surface area contributed by atoms with Crippen molar-refractivity contribution < 1.29 is 14.3 Å². The van der Waals surface area contributed by atoms with E-state index in [0.29, 0.717) is 27.5 Å². The van der Waals surface area contributed by atoms with Crippen LogP contribution in [0.25, 0.3) is 0 Å². The van der Waals surface area contributed by atoms with Crippen molar-refractivity contribution in [3.63, 3.8) is 0 Å². The number of anilines is 1. The summed E-state index contributed by atoms with van der Waals surface area (Å²) in [5, 5.41) is 3.39. The van der Waals surface area contributed by atoms with Crippen LogP contribution in [0.2, 0.25) is 5.02 Å². The zero-order valence-electron chi connectivity index (χ0n) is 15.7. The summed E-state index contributed by atoms with van der Waals surface area (Å²) < 4.78 is 12.0. The fraction of sp³-hybridized carbons (Fsp3) is 0.174. The van der Waals surface area contributed by atoms with Crippen LogP contribution in [0.5, 0.6) is 11.5 Å². The first kappa shape index (κ1) is 21.2. The van der Waals surface area contributed by atoms with E-state index in [1.807, 2.05) is 42.5 Å². The fourth-order valence-corrected chi connectivity index (χ4v) is 3.48. The molecule has 3 aromatic carbocycles. The van der Waals surface area contributed by atoms with Crippen LogP contribution in [0.3, 0.4) is 0 Å². The molecule has 0 unspecified atom stereocenters. The zero-order chi connectivity index (χ0) is 20.5. The van der Waals surface area contributed by atoms with Gasteiger partial charge in [-0.25, -0.2) is 0 Å². The minimum absolute atomic E-state index is 0.0992. The van der Waals surface area contributed by atoms with Crippen molar-refractivity contribution in [2.75, 3.05) is 18.5 Å². The Hall–Kier alpha value is -2.50. The Bertz CT molecular complexity index is 933.